The lowest BCUT2D eigenvalue weighted by molar-refractivity contribution is -0.141. The Balaban J connectivity index is 1.87. The molecule has 0 aliphatic carbocycles. The van der Waals surface area contributed by atoms with E-state index >= 15 is 0 Å². The fraction of sp³-hybridized carbons (Fsp3) is 0.583. The molecule has 1 heterocycles. The number of carbonyl (C=O) groups is 3. The summed E-state index contributed by atoms with van der Waals surface area (Å²) in [5, 5.41) is 23.9. The van der Waals surface area contributed by atoms with Crippen LogP contribution in [0.2, 0.25) is 0 Å². The number of hydrogen-bond donors (Lipinski definition) is 3. The van der Waals surface area contributed by atoms with Crippen molar-refractivity contribution in [2.75, 3.05) is 57.1 Å². The molecule has 1 aliphatic rings. The molecule has 0 radical (unpaired) electrons. The maximum absolute atomic E-state index is 12.8. The van der Waals surface area contributed by atoms with Gasteiger partial charge in [0.2, 0.25) is 11.8 Å². The minimum absolute atomic E-state index is 0.0265. The minimum Gasteiger partial charge on any atom is -0.480 e. The van der Waals surface area contributed by atoms with Gasteiger partial charge in [-0.25, -0.2) is 0 Å². The Kier molecular flexibility index (Phi) is 11.8. The molecule has 3 unspecified atom stereocenters. The molecule has 3 N–H and O–H groups in total. The van der Waals surface area contributed by atoms with Crippen molar-refractivity contribution in [2.24, 2.45) is 5.92 Å². The topological polar surface area (TPSA) is 135 Å². The molecule has 1 aliphatic heterocycles. The van der Waals surface area contributed by atoms with Gasteiger partial charge in [-0.15, -0.1) is 11.8 Å². The zero-order valence-corrected chi connectivity index (χ0v) is 21.3. The standard InChI is InChI=1S/C24H35N5O5S/c1-4-28(11-12-34-3)16-21(30)27-19-8-6-7-18(14-19)26-10-9-20-23(31)29(5-2)22(35-20)13-17(15-25)24(32)33/h6-8,14,17,20,22,26H,4-5,9-13,16H2,1-3H3,(H,27,30)(H,32,33). The molecular formula is C24H35N5O5S. The van der Waals surface area contributed by atoms with Gasteiger partial charge in [-0.1, -0.05) is 13.0 Å². The van der Waals surface area contributed by atoms with Crippen LogP contribution in [0.3, 0.4) is 0 Å². The molecule has 0 aromatic heterocycles. The van der Waals surface area contributed by atoms with Gasteiger partial charge in [0.25, 0.3) is 0 Å². The molecule has 192 valence electrons. The second-order valence-corrected chi connectivity index (χ2v) is 9.55. The number of carboxylic acids is 1. The first kappa shape index (κ1) is 28.4. The Morgan fingerprint density at radius 1 is 1.34 bits per heavy atom. The van der Waals surface area contributed by atoms with Crippen molar-refractivity contribution < 1.29 is 24.2 Å². The van der Waals surface area contributed by atoms with Gasteiger partial charge in [-0.2, -0.15) is 5.26 Å². The van der Waals surface area contributed by atoms with E-state index in [2.05, 4.69) is 10.6 Å². The second kappa shape index (κ2) is 14.6. The Morgan fingerprint density at radius 3 is 2.71 bits per heavy atom. The lowest BCUT2D eigenvalue weighted by Crippen LogP contribution is -2.36. The third-order valence-electron chi connectivity index (χ3n) is 5.77. The number of ether oxygens (including phenoxy) is 1. The molecule has 0 saturated carbocycles. The number of carboxylic acid groups (broad SMARTS) is 1. The van der Waals surface area contributed by atoms with Crippen LogP contribution >= 0.6 is 11.8 Å². The number of nitrogens with one attached hydrogen (secondary N) is 2. The number of hydrogen-bond acceptors (Lipinski definition) is 8. The second-order valence-electron chi connectivity index (χ2n) is 8.17. The summed E-state index contributed by atoms with van der Waals surface area (Å²) < 4.78 is 5.08. The molecule has 35 heavy (non-hydrogen) atoms. The normalized spacial score (nSPS) is 18.4. The zero-order valence-electron chi connectivity index (χ0n) is 20.5. The SMILES string of the molecule is CCN(CCOC)CC(=O)Nc1cccc(NCCC2SC(CC(C#N)C(=O)O)N(CC)C2=O)c1. The van der Waals surface area contributed by atoms with Crippen LogP contribution in [0.25, 0.3) is 0 Å². The molecule has 11 heteroatoms. The number of benzene rings is 1. The minimum atomic E-state index is -1.16. The number of thioether (sulfide) groups is 1. The molecule has 0 bridgehead atoms. The maximum Gasteiger partial charge on any atom is 0.321 e. The Labute approximate surface area is 211 Å². The monoisotopic (exact) mass is 505 g/mol. The van der Waals surface area contributed by atoms with Crippen molar-refractivity contribution in [3.8, 4) is 6.07 Å². The zero-order chi connectivity index (χ0) is 25.8. The van der Waals surface area contributed by atoms with Crippen molar-refractivity contribution in [1.29, 1.82) is 5.26 Å². The summed E-state index contributed by atoms with van der Waals surface area (Å²) in [5.41, 5.74) is 1.51. The molecule has 1 saturated heterocycles. The highest BCUT2D eigenvalue weighted by Crippen LogP contribution is 2.36. The first-order chi connectivity index (χ1) is 16.8. The summed E-state index contributed by atoms with van der Waals surface area (Å²) in [5.74, 6) is -2.42. The first-order valence-electron chi connectivity index (χ1n) is 11.8. The number of nitriles is 1. The molecule has 2 amide bonds. The molecule has 2 rings (SSSR count). The maximum atomic E-state index is 12.8. The van der Waals surface area contributed by atoms with Crippen LogP contribution < -0.4 is 10.6 Å². The highest BCUT2D eigenvalue weighted by molar-refractivity contribution is 8.01. The fourth-order valence-corrected chi connectivity index (χ4v) is 5.41. The predicted molar refractivity (Wildman–Crippen MR) is 136 cm³/mol. The highest BCUT2D eigenvalue weighted by atomic mass is 32.2. The quantitative estimate of drug-likeness (QED) is 0.328. The molecule has 1 aromatic carbocycles. The van der Waals surface area contributed by atoms with Gasteiger partial charge in [-0.3, -0.25) is 19.3 Å². The van der Waals surface area contributed by atoms with Gasteiger partial charge < -0.3 is 25.4 Å². The lowest BCUT2D eigenvalue weighted by atomic mass is 10.1. The van der Waals surface area contributed by atoms with E-state index in [0.29, 0.717) is 38.3 Å². The number of methoxy groups -OCH3 is 1. The number of carbonyl (C=O) groups excluding carboxylic acids is 2. The van der Waals surface area contributed by atoms with Gasteiger partial charge in [0, 0.05) is 44.5 Å². The molecule has 3 atom stereocenters. The van der Waals surface area contributed by atoms with Crippen LogP contribution in [0, 0.1) is 17.2 Å². The molecule has 0 spiro atoms. The largest absolute Gasteiger partial charge is 0.480 e. The Bertz CT molecular complexity index is 909. The van der Waals surface area contributed by atoms with Crippen molar-refractivity contribution >= 4 is 40.9 Å². The number of nitrogens with zero attached hydrogens (tertiary/aromatic N) is 3. The first-order valence-corrected chi connectivity index (χ1v) is 12.7. The number of rotatable bonds is 15. The average molecular weight is 506 g/mol. The van der Waals surface area contributed by atoms with E-state index in [0.717, 1.165) is 12.2 Å². The summed E-state index contributed by atoms with van der Waals surface area (Å²) in [6.45, 7) is 7.14. The fourth-order valence-electron chi connectivity index (χ4n) is 3.82. The summed E-state index contributed by atoms with van der Waals surface area (Å²) in [6.07, 6.45) is 0.672. The van der Waals surface area contributed by atoms with Crippen LogP contribution in [0.4, 0.5) is 11.4 Å². The summed E-state index contributed by atoms with van der Waals surface area (Å²) in [6, 6.07) is 9.21. The van der Waals surface area contributed by atoms with Crippen LogP contribution in [0.5, 0.6) is 0 Å². The smallest absolute Gasteiger partial charge is 0.321 e. The molecule has 1 aromatic rings. The lowest BCUT2D eigenvalue weighted by Gasteiger charge is -2.22. The average Bonchev–Trinajstić information content (AvgIpc) is 3.13. The van der Waals surface area contributed by atoms with Crippen LogP contribution in [-0.4, -0.2) is 89.8 Å². The molecule has 1 fully saturated rings. The number of anilines is 2. The molecular weight excluding hydrogens is 470 g/mol. The third-order valence-corrected chi connectivity index (χ3v) is 7.29. The summed E-state index contributed by atoms with van der Waals surface area (Å²) >= 11 is 1.42. The Hall–Kier alpha value is -2.81. The summed E-state index contributed by atoms with van der Waals surface area (Å²) in [4.78, 5) is 40.1. The van der Waals surface area contributed by atoms with Crippen molar-refractivity contribution in [3.05, 3.63) is 24.3 Å². The van der Waals surface area contributed by atoms with E-state index in [1.807, 2.05) is 49.1 Å². The predicted octanol–water partition coefficient (Wildman–Crippen LogP) is 2.30. The van der Waals surface area contributed by atoms with E-state index < -0.39 is 11.9 Å². The highest BCUT2D eigenvalue weighted by Gasteiger charge is 2.40. The number of aliphatic carboxylic acids is 1. The van der Waals surface area contributed by atoms with Gasteiger partial charge in [0.1, 0.15) is 5.92 Å². The van der Waals surface area contributed by atoms with E-state index in [1.54, 1.807) is 12.0 Å². The van der Waals surface area contributed by atoms with Crippen LogP contribution in [0.15, 0.2) is 24.3 Å². The van der Waals surface area contributed by atoms with Crippen LogP contribution in [-0.2, 0) is 19.1 Å². The van der Waals surface area contributed by atoms with Crippen LogP contribution in [0.1, 0.15) is 26.7 Å². The van der Waals surface area contributed by atoms with Gasteiger partial charge in [-0.05, 0) is 38.1 Å². The Morgan fingerprint density at radius 2 is 2.09 bits per heavy atom. The number of amides is 2. The van der Waals surface area contributed by atoms with Gasteiger partial charge in [0.15, 0.2) is 0 Å². The number of likely N-dealkylation sites (N-methyl/N-ethyl adjacent to an activating group) is 1. The van der Waals surface area contributed by atoms with Gasteiger partial charge >= 0.3 is 5.97 Å². The van der Waals surface area contributed by atoms with E-state index in [9.17, 15) is 19.5 Å². The molecule has 10 nitrogen and oxygen atoms in total. The van der Waals surface area contributed by atoms with E-state index in [-0.39, 0.29) is 35.4 Å². The van der Waals surface area contributed by atoms with Crippen molar-refractivity contribution in [2.45, 2.75) is 37.3 Å². The third kappa shape index (κ3) is 8.72. The van der Waals surface area contributed by atoms with Crippen molar-refractivity contribution in [1.82, 2.24) is 9.80 Å². The van der Waals surface area contributed by atoms with Gasteiger partial charge in [0.05, 0.1) is 29.8 Å². The van der Waals surface area contributed by atoms with E-state index in [4.69, 9.17) is 10.00 Å². The van der Waals surface area contributed by atoms with Crippen molar-refractivity contribution in [3.63, 3.8) is 0 Å². The van der Waals surface area contributed by atoms with E-state index in [1.165, 1.54) is 11.8 Å². The summed E-state index contributed by atoms with van der Waals surface area (Å²) in [7, 11) is 1.63.